The Morgan fingerprint density at radius 1 is 1.24 bits per heavy atom. The normalized spacial score (nSPS) is 19.0. The van der Waals surface area contributed by atoms with E-state index in [9.17, 15) is 14.4 Å². The molecule has 154 valence electrons. The van der Waals surface area contributed by atoms with Gasteiger partial charge in [-0.05, 0) is 38.8 Å². The Kier molecular flexibility index (Phi) is 5.86. The molecule has 0 unspecified atom stereocenters. The molecule has 2 aromatic rings. The molecule has 0 aliphatic carbocycles. The number of rotatable bonds is 7. The lowest BCUT2D eigenvalue weighted by atomic mass is 9.95. The molecule has 1 aromatic carbocycles. The van der Waals surface area contributed by atoms with Crippen LogP contribution in [0, 0.1) is 6.92 Å². The number of fused-ring (bicyclic) bond motifs is 1. The maximum atomic E-state index is 13.0. The number of carbonyl (C=O) groups excluding carboxylic acids is 3. The lowest BCUT2D eigenvalue weighted by molar-refractivity contribution is -0.131. The van der Waals surface area contributed by atoms with Crippen LogP contribution in [0.5, 0.6) is 0 Å². The van der Waals surface area contributed by atoms with Gasteiger partial charge in [0.1, 0.15) is 5.54 Å². The van der Waals surface area contributed by atoms with Crippen molar-refractivity contribution in [2.24, 2.45) is 0 Å². The Morgan fingerprint density at radius 3 is 2.66 bits per heavy atom. The van der Waals surface area contributed by atoms with E-state index in [0.717, 1.165) is 28.7 Å². The molecule has 7 nitrogen and oxygen atoms in total. The summed E-state index contributed by atoms with van der Waals surface area (Å²) in [7, 11) is 0. The number of benzene rings is 1. The van der Waals surface area contributed by atoms with Gasteiger partial charge in [0.25, 0.3) is 5.91 Å². The summed E-state index contributed by atoms with van der Waals surface area (Å²) in [5.41, 5.74) is 1.18. The molecule has 0 spiro atoms. The fourth-order valence-electron chi connectivity index (χ4n) is 3.77. The van der Waals surface area contributed by atoms with Crippen LogP contribution in [0.2, 0.25) is 0 Å². The maximum absolute atomic E-state index is 13.0. The molecule has 3 rings (SSSR count). The van der Waals surface area contributed by atoms with Crippen molar-refractivity contribution >= 4 is 28.8 Å². The molecule has 1 aromatic heterocycles. The topological polar surface area (TPSA) is 88.6 Å². The van der Waals surface area contributed by atoms with Crippen LogP contribution in [0.3, 0.4) is 0 Å². The van der Waals surface area contributed by atoms with E-state index in [1.807, 2.05) is 38.1 Å². The zero-order chi connectivity index (χ0) is 21.2. The highest BCUT2D eigenvalue weighted by Crippen LogP contribution is 2.28. The second-order valence-corrected chi connectivity index (χ2v) is 7.55. The summed E-state index contributed by atoms with van der Waals surface area (Å²) >= 11 is 0. The van der Waals surface area contributed by atoms with Crippen LogP contribution in [-0.4, -0.2) is 39.9 Å². The molecule has 0 saturated carbocycles. The molecule has 1 aliphatic rings. The van der Waals surface area contributed by atoms with Crippen molar-refractivity contribution in [3.63, 3.8) is 0 Å². The van der Waals surface area contributed by atoms with Crippen LogP contribution in [0.25, 0.3) is 10.9 Å². The molecule has 1 atom stereocenters. The molecule has 1 fully saturated rings. The zero-order valence-corrected chi connectivity index (χ0v) is 17.4. The fraction of sp³-hybridized carbons (Fsp3) is 0.455. The van der Waals surface area contributed by atoms with E-state index in [0.29, 0.717) is 23.2 Å². The van der Waals surface area contributed by atoms with Gasteiger partial charge in [-0.25, -0.2) is 14.6 Å². The molecule has 2 heterocycles. The number of imide groups is 1. The summed E-state index contributed by atoms with van der Waals surface area (Å²) in [5, 5.41) is 3.64. The number of ether oxygens (including phenoxy) is 1. The largest absolute Gasteiger partial charge is 0.462 e. The molecule has 7 heteroatoms. The first-order valence-electron chi connectivity index (χ1n) is 10.0. The third kappa shape index (κ3) is 3.81. The minimum Gasteiger partial charge on any atom is -0.462 e. The highest BCUT2D eigenvalue weighted by atomic mass is 16.5. The summed E-state index contributed by atoms with van der Waals surface area (Å²) in [6.07, 6.45) is 2.33. The van der Waals surface area contributed by atoms with Crippen LogP contribution >= 0.6 is 0 Å². The summed E-state index contributed by atoms with van der Waals surface area (Å²) in [6, 6.07) is 7.01. The van der Waals surface area contributed by atoms with Gasteiger partial charge in [0.2, 0.25) is 0 Å². The maximum Gasteiger partial charge on any atom is 0.340 e. The number of unbranched alkanes of at least 4 members (excludes halogenated alkanes) is 1. The third-order valence-corrected chi connectivity index (χ3v) is 5.39. The quantitative estimate of drug-likeness (QED) is 0.568. The first kappa shape index (κ1) is 20.8. The minimum absolute atomic E-state index is 0.0772. The van der Waals surface area contributed by atoms with E-state index >= 15 is 0 Å². The van der Waals surface area contributed by atoms with Crippen molar-refractivity contribution in [3.8, 4) is 0 Å². The molecular weight excluding hydrogens is 370 g/mol. The Morgan fingerprint density at radius 2 is 1.97 bits per heavy atom. The lowest BCUT2D eigenvalue weighted by Crippen LogP contribution is -2.43. The standard InChI is InChI=1S/C22H27N3O4/c1-5-7-12-22(4)20(27)25(21(28)24-22)13-17-18(19(26)29-6-2)14(3)15-10-8-9-11-16(15)23-17/h8-11H,5-7,12-13H2,1-4H3,(H,24,28)/t22-/m1/s1. The second kappa shape index (κ2) is 8.19. The average molecular weight is 397 g/mol. The van der Waals surface area contributed by atoms with Gasteiger partial charge < -0.3 is 10.1 Å². The molecule has 3 amide bonds. The van der Waals surface area contributed by atoms with Gasteiger partial charge in [-0.1, -0.05) is 38.0 Å². The number of para-hydroxylation sites is 1. The molecule has 0 bridgehead atoms. The van der Waals surface area contributed by atoms with E-state index in [-0.39, 0.29) is 19.1 Å². The van der Waals surface area contributed by atoms with Crippen LogP contribution in [-0.2, 0) is 16.1 Å². The van der Waals surface area contributed by atoms with Crippen LogP contribution in [0.4, 0.5) is 4.79 Å². The average Bonchev–Trinajstić information content (AvgIpc) is 2.90. The summed E-state index contributed by atoms with van der Waals surface area (Å²) in [5.74, 6) is -0.794. The Labute approximate surface area is 170 Å². The van der Waals surface area contributed by atoms with E-state index in [1.54, 1.807) is 13.8 Å². The fourth-order valence-corrected chi connectivity index (χ4v) is 3.77. The van der Waals surface area contributed by atoms with Crippen molar-refractivity contribution in [2.75, 3.05) is 6.61 Å². The van der Waals surface area contributed by atoms with E-state index in [4.69, 9.17) is 4.74 Å². The highest BCUT2D eigenvalue weighted by molar-refractivity contribution is 6.07. The molecule has 1 N–H and O–H groups in total. The number of aryl methyl sites for hydroxylation is 1. The number of hydrogen-bond donors (Lipinski definition) is 1. The monoisotopic (exact) mass is 397 g/mol. The zero-order valence-electron chi connectivity index (χ0n) is 17.4. The van der Waals surface area contributed by atoms with Gasteiger partial charge in [0.05, 0.1) is 29.9 Å². The van der Waals surface area contributed by atoms with Gasteiger partial charge in [0.15, 0.2) is 0 Å². The Hall–Kier alpha value is -2.96. The summed E-state index contributed by atoms with van der Waals surface area (Å²) in [4.78, 5) is 44.0. The molecule has 0 radical (unpaired) electrons. The number of nitrogens with one attached hydrogen (secondary N) is 1. The van der Waals surface area contributed by atoms with Crippen molar-refractivity contribution < 1.29 is 19.1 Å². The van der Waals surface area contributed by atoms with Gasteiger partial charge in [-0.15, -0.1) is 0 Å². The minimum atomic E-state index is -0.928. The first-order chi connectivity index (χ1) is 13.8. The number of nitrogens with zero attached hydrogens (tertiary/aromatic N) is 2. The van der Waals surface area contributed by atoms with Gasteiger partial charge in [-0.2, -0.15) is 0 Å². The van der Waals surface area contributed by atoms with Crippen molar-refractivity contribution in [1.29, 1.82) is 0 Å². The number of pyridine rings is 1. The van der Waals surface area contributed by atoms with Crippen molar-refractivity contribution in [2.45, 2.75) is 59.0 Å². The number of aromatic nitrogens is 1. The number of esters is 1. The van der Waals surface area contributed by atoms with Crippen molar-refractivity contribution in [3.05, 3.63) is 41.1 Å². The SMILES string of the molecule is CCCC[C@@]1(C)NC(=O)N(Cc2nc3ccccc3c(C)c2C(=O)OCC)C1=O. The summed E-state index contributed by atoms with van der Waals surface area (Å²) < 4.78 is 5.23. The smallest absolute Gasteiger partial charge is 0.340 e. The molecule has 29 heavy (non-hydrogen) atoms. The van der Waals surface area contributed by atoms with E-state index in [2.05, 4.69) is 10.3 Å². The Balaban J connectivity index is 2.03. The predicted octanol–water partition coefficient (Wildman–Crippen LogP) is 3.72. The van der Waals surface area contributed by atoms with Crippen LogP contribution < -0.4 is 5.32 Å². The van der Waals surface area contributed by atoms with Gasteiger partial charge in [0, 0.05) is 5.39 Å². The highest BCUT2D eigenvalue weighted by Gasteiger charge is 2.47. The third-order valence-electron chi connectivity index (χ3n) is 5.39. The molecule has 1 aliphatic heterocycles. The van der Waals surface area contributed by atoms with Crippen LogP contribution in [0.1, 0.15) is 61.6 Å². The number of amides is 3. The predicted molar refractivity (Wildman–Crippen MR) is 109 cm³/mol. The number of carbonyl (C=O) groups is 3. The van der Waals surface area contributed by atoms with E-state index in [1.165, 1.54) is 0 Å². The van der Waals surface area contributed by atoms with E-state index < -0.39 is 17.5 Å². The molecular formula is C22H27N3O4. The number of urea groups is 1. The lowest BCUT2D eigenvalue weighted by Gasteiger charge is -2.22. The summed E-state index contributed by atoms with van der Waals surface area (Å²) in [6.45, 7) is 7.49. The molecule has 1 saturated heterocycles. The van der Waals surface area contributed by atoms with Crippen molar-refractivity contribution in [1.82, 2.24) is 15.2 Å². The first-order valence-corrected chi connectivity index (χ1v) is 10.0. The van der Waals surface area contributed by atoms with Crippen LogP contribution in [0.15, 0.2) is 24.3 Å². The van der Waals surface area contributed by atoms with Gasteiger partial charge >= 0.3 is 12.0 Å². The number of hydrogen-bond acceptors (Lipinski definition) is 5. The Bertz CT molecular complexity index is 972. The second-order valence-electron chi connectivity index (χ2n) is 7.55. The van der Waals surface area contributed by atoms with Gasteiger partial charge in [-0.3, -0.25) is 9.69 Å².